The van der Waals surface area contributed by atoms with Gasteiger partial charge in [-0.05, 0) is 50.8 Å². The van der Waals surface area contributed by atoms with Gasteiger partial charge in [0.2, 0.25) is 0 Å². The zero-order chi connectivity index (χ0) is 20.8. The topological polar surface area (TPSA) is 93.7 Å². The normalized spacial score (nSPS) is 12.7. The lowest BCUT2D eigenvalue weighted by atomic mass is 9.87. The second kappa shape index (κ2) is 8.88. The first-order valence-electron chi connectivity index (χ1n) is 8.84. The van der Waals surface area contributed by atoms with Crippen LogP contribution in [0.3, 0.4) is 0 Å². The van der Waals surface area contributed by atoms with Crippen molar-refractivity contribution in [1.29, 1.82) is 0 Å². The Morgan fingerprint density at radius 1 is 1.00 bits per heavy atom. The zero-order valence-electron chi connectivity index (χ0n) is 17.1. The molecule has 0 heterocycles. The molecule has 2 N–H and O–H groups in total. The predicted octanol–water partition coefficient (Wildman–Crippen LogP) is 2.92. The third-order valence-electron chi connectivity index (χ3n) is 3.48. The number of urea groups is 1. The summed E-state index contributed by atoms with van der Waals surface area (Å²) in [6.07, 6.45) is -1.12. The Balaban J connectivity index is 2.45. The van der Waals surface area contributed by atoms with Crippen LogP contribution in [0, 0.1) is 0 Å². The van der Waals surface area contributed by atoms with Gasteiger partial charge in [-0.2, -0.15) is 0 Å². The smallest absolute Gasteiger partial charge is 0.344 e. The van der Waals surface area contributed by atoms with E-state index in [0.717, 1.165) is 5.56 Å². The average Bonchev–Trinajstić information content (AvgIpc) is 2.50. The van der Waals surface area contributed by atoms with Gasteiger partial charge in [0.1, 0.15) is 5.75 Å². The van der Waals surface area contributed by atoms with E-state index in [1.165, 1.54) is 6.92 Å². The number of carbonyl (C=O) groups is 3. The molecule has 0 aliphatic rings. The maximum absolute atomic E-state index is 11.9. The van der Waals surface area contributed by atoms with E-state index in [9.17, 15) is 14.4 Å². The summed E-state index contributed by atoms with van der Waals surface area (Å²) < 4.78 is 10.4. The summed E-state index contributed by atoms with van der Waals surface area (Å²) in [5.74, 6) is -0.880. The summed E-state index contributed by atoms with van der Waals surface area (Å²) in [4.78, 5) is 35.4. The summed E-state index contributed by atoms with van der Waals surface area (Å²) in [5.41, 5.74) is 0.691. The van der Waals surface area contributed by atoms with Crippen molar-refractivity contribution < 1.29 is 23.9 Å². The first-order chi connectivity index (χ1) is 12.3. The van der Waals surface area contributed by atoms with E-state index in [0.29, 0.717) is 5.75 Å². The molecule has 1 unspecified atom stereocenters. The number of esters is 1. The third kappa shape index (κ3) is 8.57. The van der Waals surface area contributed by atoms with Crippen molar-refractivity contribution in [1.82, 2.24) is 10.6 Å². The largest absolute Gasteiger partial charge is 0.482 e. The summed E-state index contributed by atoms with van der Waals surface area (Å²) in [7, 11) is 0. The minimum absolute atomic E-state index is 0.0273. The van der Waals surface area contributed by atoms with Gasteiger partial charge in [0.15, 0.2) is 12.7 Å². The van der Waals surface area contributed by atoms with Gasteiger partial charge in [-0.25, -0.2) is 9.59 Å². The fourth-order valence-electron chi connectivity index (χ4n) is 2.06. The number of carbonyl (C=O) groups excluding carboxylic acids is 3. The lowest BCUT2D eigenvalue weighted by Crippen LogP contribution is -2.50. The highest BCUT2D eigenvalue weighted by Gasteiger charge is 2.22. The third-order valence-corrected chi connectivity index (χ3v) is 3.48. The highest BCUT2D eigenvalue weighted by molar-refractivity contribution is 5.97. The first-order valence-corrected chi connectivity index (χ1v) is 8.84. The maximum atomic E-state index is 11.9. The molecule has 0 radical (unpaired) electrons. The molecular formula is C20H30N2O5. The molecule has 1 atom stereocenters. The Labute approximate surface area is 160 Å². The van der Waals surface area contributed by atoms with Crippen molar-refractivity contribution in [3.8, 4) is 5.75 Å². The van der Waals surface area contributed by atoms with Gasteiger partial charge in [-0.3, -0.25) is 10.1 Å². The molecule has 0 spiro atoms. The van der Waals surface area contributed by atoms with E-state index in [-0.39, 0.29) is 12.0 Å². The fourth-order valence-corrected chi connectivity index (χ4v) is 2.06. The molecule has 0 fully saturated rings. The summed E-state index contributed by atoms with van der Waals surface area (Å²) in [5, 5.41) is 4.71. The molecule has 1 aromatic rings. The summed E-state index contributed by atoms with van der Waals surface area (Å²) in [6.45, 7) is 12.7. The van der Waals surface area contributed by atoms with Gasteiger partial charge in [0.05, 0.1) is 0 Å². The Morgan fingerprint density at radius 2 is 1.56 bits per heavy atom. The molecule has 7 heteroatoms. The predicted molar refractivity (Wildman–Crippen MR) is 103 cm³/mol. The number of amides is 3. The van der Waals surface area contributed by atoms with E-state index in [2.05, 4.69) is 31.4 Å². The molecule has 0 aliphatic heterocycles. The van der Waals surface area contributed by atoms with Gasteiger partial charge in [0, 0.05) is 5.54 Å². The number of benzene rings is 1. The number of ether oxygens (including phenoxy) is 2. The standard InChI is InChI=1S/C20H30N2O5/c1-13(17(24)21-18(25)22-20(5,6)7)27-16(23)12-26-15-10-8-14(9-11-15)19(2,3)4/h8-11,13H,12H2,1-7H3,(H2,21,22,24,25). The molecule has 3 amide bonds. The summed E-state index contributed by atoms with van der Waals surface area (Å²) >= 11 is 0. The molecule has 27 heavy (non-hydrogen) atoms. The van der Waals surface area contributed by atoms with Gasteiger partial charge < -0.3 is 14.8 Å². The fraction of sp³-hybridized carbons (Fsp3) is 0.550. The van der Waals surface area contributed by atoms with Crippen molar-refractivity contribution in [3.05, 3.63) is 29.8 Å². The van der Waals surface area contributed by atoms with E-state index >= 15 is 0 Å². The SMILES string of the molecule is CC(OC(=O)COc1ccc(C(C)(C)C)cc1)C(=O)NC(=O)NC(C)(C)C. The van der Waals surface area contributed by atoms with Crippen LogP contribution < -0.4 is 15.4 Å². The second-order valence-electron chi connectivity index (χ2n) is 8.39. The highest BCUT2D eigenvalue weighted by atomic mass is 16.6. The van der Waals surface area contributed by atoms with Crippen molar-refractivity contribution in [2.24, 2.45) is 0 Å². The minimum atomic E-state index is -1.12. The van der Waals surface area contributed by atoms with Crippen molar-refractivity contribution >= 4 is 17.9 Å². The van der Waals surface area contributed by atoms with Gasteiger partial charge in [0.25, 0.3) is 5.91 Å². The molecular weight excluding hydrogens is 348 g/mol. The van der Waals surface area contributed by atoms with Crippen LogP contribution in [-0.2, 0) is 19.7 Å². The Kier molecular flexibility index (Phi) is 7.39. The monoisotopic (exact) mass is 378 g/mol. The van der Waals surface area contributed by atoms with Gasteiger partial charge in [-0.1, -0.05) is 32.9 Å². The molecule has 0 saturated carbocycles. The molecule has 1 aromatic carbocycles. The van der Waals surface area contributed by atoms with Crippen LogP contribution in [0.4, 0.5) is 4.79 Å². The minimum Gasteiger partial charge on any atom is -0.482 e. The van der Waals surface area contributed by atoms with Gasteiger partial charge in [-0.15, -0.1) is 0 Å². The van der Waals surface area contributed by atoms with Crippen LogP contribution >= 0.6 is 0 Å². The average molecular weight is 378 g/mol. The van der Waals surface area contributed by atoms with E-state index in [1.54, 1.807) is 32.9 Å². The van der Waals surface area contributed by atoms with Crippen LogP contribution in [-0.4, -0.2) is 36.2 Å². The van der Waals surface area contributed by atoms with Crippen molar-refractivity contribution in [2.75, 3.05) is 6.61 Å². The zero-order valence-corrected chi connectivity index (χ0v) is 17.1. The van der Waals surface area contributed by atoms with E-state index in [1.807, 2.05) is 12.1 Å². The molecule has 1 rings (SSSR count). The second-order valence-corrected chi connectivity index (χ2v) is 8.39. The van der Waals surface area contributed by atoms with Gasteiger partial charge >= 0.3 is 12.0 Å². The first kappa shape index (κ1) is 22.5. The van der Waals surface area contributed by atoms with Crippen LogP contribution in [0.1, 0.15) is 54.0 Å². The number of rotatable bonds is 5. The molecule has 7 nitrogen and oxygen atoms in total. The maximum Gasteiger partial charge on any atom is 0.344 e. The van der Waals surface area contributed by atoms with Crippen molar-refractivity contribution in [2.45, 2.75) is 65.5 Å². The Morgan fingerprint density at radius 3 is 2.04 bits per heavy atom. The van der Waals surface area contributed by atoms with Crippen LogP contribution in [0.25, 0.3) is 0 Å². The quantitative estimate of drug-likeness (QED) is 0.769. The van der Waals surface area contributed by atoms with E-state index < -0.39 is 29.6 Å². The molecule has 0 bridgehead atoms. The van der Waals surface area contributed by atoms with E-state index in [4.69, 9.17) is 9.47 Å². The number of imide groups is 1. The van der Waals surface area contributed by atoms with Crippen LogP contribution in [0.15, 0.2) is 24.3 Å². The Bertz CT molecular complexity index is 669. The molecule has 0 aliphatic carbocycles. The molecule has 0 aromatic heterocycles. The van der Waals surface area contributed by atoms with Crippen LogP contribution in [0.5, 0.6) is 5.75 Å². The number of hydrogen-bond acceptors (Lipinski definition) is 5. The van der Waals surface area contributed by atoms with Crippen molar-refractivity contribution in [3.63, 3.8) is 0 Å². The Hall–Kier alpha value is -2.57. The molecule has 0 saturated heterocycles. The van der Waals surface area contributed by atoms with Crippen LogP contribution in [0.2, 0.25) is 0 Å². The lowest BCUT2D eigenvalue weighted by Gasteiger charge is -2.21. The lowest BCUT2D eigenvalue weighted by molar-refractivity contribution is -0.156. The molecule has 150 valence electrons. The number of nitrogens with one attached hydrogen (secondary N) is 2. The highest BCUT2D eigenvalue weighted by Crippen LogP contribution is 2.24. The number of hydrogen-bond donors (Lipinski definition) is 2. The summed E-state index contributed by atoms with van der Waals surface area (Å²) in [6, 6.07) is 6.78.